The third-order valence-electron chi connectivity index (χ3n) is 5.09. The molecule has 3 rings (SSSR count). The van der Waals surface area contributed by atoms with Crippen LogP contribution in [0.1, 0.15) is 37.6 Å². The number of fused-ring (bicyclic) bond motifs is 2. The maximum Gasteiger partial charge on any atom is 0.319 e. The first-order chi connectivity index (χ1) is 10.1. The minimum atomic E-state index is -0.230. The summed E-state index contributed by atoms with van der Waals surface area (Å²) in [5.74, 6) is 1.96. The molecule has 2 aliphatic carbocycles. The fraction of sp³-hybridized carbons (Fsp3) is 0.733. The van der Waals surface area contributed by atoms with Crippen LogP contribution in [0.25, 0.3) is 0 Å². The number of rotatable bonds is 4. The summed E-state index contributed by atoms with van der Waals surface area (Å²) in [7, 11) is 0. The largest absolute Gasteiger partial charge is 0.396 e. The highest BCUT2D eigenvalue weighted by atomic mass is 16.5. The van der Waals surface area contributed by atoms with E-state index in [4.69, 9.17) is 4.52 Å². The minimum absolute atomic E-state index is 0.0824. The van der Waals surface area contributed by atoms with Gasteiger partial charge in [-0.2, -0.15) is 0 Å². The first-order valence-electron chi connectivity index (χ1n) is 7.77. The Morgan fingerprint density at radius 3 is 2.90 bits per heavy atom. The van der Waals surface area contributed by atoms with Gasteiger partial charge in [0.25, 0.3) is 0 Å². The number of carbonyl (C=O) groups excluding carboxylic acids is 1. The van der Waals surface area contributed by atoms with Gasteiger partial charge in [0, 0.05) is 25.0 Å². The van der Waals surface area contributed by atoms with Gasteiger partial charge in [-0.3, -0.25) is 0 Å². The van der Waals surface area contributed by atoms with E-state index in [0.29, 0.717) is 35.4 Å². The molecule has 4 unspecified atom stereocenters. The van der Waals surface area contributed by atoms with Crippen LogP contribution in [0.5, 0.6) is 0 Å². The van der Waals surface area contributed by atoms with E-state index in [2.05, 4.69) is 15.8 Å². The van der Waals surface area contributed by atoms with Crippen molar-refractivity contribution in [1.29, 1.82) is 0 Å². The average molecular weight is 293 g/mol. The average Bonchev–Trinajstić information content (AvgIpc) is 3.15. The van der Waals surface area contributed by atoms with Gasteiger partial charge >= 0.3 is 6.03 Å². The molecule has 1 heterocycles. The molecule has 6 nitrogen and oxygen atoms in total. The molecule has 1 aromatic heterocycles. The topological polar surface area (TPSA) is 87.4 Å². The Labute approximate surface area is 124 Å². The smallest absolute Gasteiger partial charge is 0.319 e. The molecule has 2 saturated carbocycles. The molecule has 3 N–H and O–H groups in total. The zero-order chi connectivity index (χ0) is 15.0. The van der Waals surface area contributed by atoms with Crippen LogP contribution < -0.4 is 10.6 Å². The Bertz CT molecular complexity index is 528. The van der Waals surface area contributed by atoms with Gasteiger partial charge < -0.3 is 20.3 Å². The van der Waals surface area contributed by atoms with Crippen LogP contribution in [-0.4, -0.2) is 28.9 Å². The molecule has 1 aromatic rings. The summed E-state index contributed by atoms with van der Waals surface area (Å²) in [6.45, 7) is 3.92. The Balaban J connectivity index is 1.65. The van der Waals surface area contributed by atoms with Crippen LogP contribution in [0.3, 0.4) is 0 Å². The van der Waals surface area contributed by atoms with E-state index >= 15 is 0 Å². The lowest BCUT2D eigenvalue weighted by Crippen LogP contribution is -2.47. The predicted molar refractivity (Wildman–Crippen MR) is 78.0 cm³/mol. The normalized spacial score (nSPS) is 30.6. The van der Waals surface area contributed by atoms with Crippen LogP contribution in [0, 0.1) is 24.7 Å². The number of hydrogen-bond acceptors (Lipinski definition) is 4. The van der Waals surface area contributed by atoms with Crippen LogP contribution in [0.4, 0.5) is 10.5 Å². The van der Waals surface area contributed by atoms with Crippen molar-refractivity contribution in [2.45, 2.75) is 45.6 Å². The summed E-state index contributed by atoms with van der Waals surface area (Å²) < 4.78 is 5.17. The van der Waals surface area contributed by atoms with Crippen molar-refractivity contribution < 1.29 is 14.4 Å². The maximum atomic E-state index is 12.3. The third-order valence-corrected chi connectivity index (χ3v) is 5.09. The summed E-state index contributed by atoms with van der Waals surface area (Å²) in [5, 5.41) is 19.3. The van der Waals surface area contributed by atoms with Crippen LogP contribution >= 0.6 is 0 Å². The second-order valence-corrected chi connectivity index (χ2v) is 6.22. The lowest BCUT2D eigenvalue weighted by atomic mass is 9.85. The van der Waals surface area contributed by atoms with E-state index in [9.17, 15) is 9.90 Å². The Kier molecular flexibility index (Phi) is 3.89. The van der Waals surface area contributed by atoms with E-state index in [0.717, 1.165) is 12.8 Å². The summed E-state index contributed by atoms with van der Waals surface area (Å²) in [5.41, 5.74) is 1.35. The summed E-state index contributed by atoms with van der Waals surface area (Å²) in [6.07, 6.45) is 4.14. The predicted octanol–water partition coefficient (Wildman–Crippen LogP) is 2.07. The number of aromatic nitrogens is 1. The Hall–Kier alpha value is -1.56. The number of nitrogens with zero attached hydrogens (tertiary/aromatic N) is 1. The van der Waals surface area contributed by atoms with Crippen molar-refractivity contribution in [3.8, 4) is 0 Å². The quantitative estimate of drug-likeness (QED) is 0.793. The molecule has 0 aromatic carbocycles. The number of aryl methyl sites for hydroxylation is 2. The molecule has 2 bridgehead atoms. The number of amides is 2. The highest BCUT2D eigenvalue weighted by Crippen LogP contribution is 2.48. The van der Waals surface area contributed by atoms with Crippen LogP contribution in [0.2, 0.25) is 0 Å². The number of nitrogens with one attached hydrogen (secondary N) is 2. The monoisotopic (exact) mass is 293 g/mol. The van der Waals surface area contributed by atoms with Gasteiger partial charge in [0.15, 0.2) is 5.76 Å². The van der Waals surface area contributed by atoms with Crippen molar-refractivity contribution >= 4 is 11.7 Å². The molecule has 6 heteroatoms. The number of aliphatic hydroxyl groups excluding tert-OH is 1. The second-order valence-electron chi connectivity index (χ2n) is 6.22. The lowest BCUT2D eigenvalue weighted by Gasteiger charge is -2.30. The van der Waals surface area contributed by atoms with E-state index in [-0.39, 0.29) is 24.6 Å². The van der Waals surface area contributed by atoms with Gasteiger partial charge in [0.05, 0.1) is 0 Å². The van der Waals surface area contributed by atoms with Crippen LogP contribution in [-0.2, 0) is 6.42 Å². The number of carbonyl (C=O) groups is 1. The fourth-order valence-corrected chi connectivity index (χ4v) is 4.02. The van der Waals surface area contributed by atoms with E-state index < -0.39 is 0 Å². The van der Waals surface area contributed by atoms with Crippen molar-refractivity contribution in [3.63, 3.8) is 0 Å². The molecule has 116 valence electrons. The molecular formula is C15H23N3O3. The van der Waals surface area contributed by atoms with Gasteiger partial charge in [0.1, 0.15) is 11.4 Å². The van der Waals surface area contributed by atoms with Gasteiger partial charge in [-0.25, -0.2) is 4.79 Å². The van der Waals surface area contributed by atoms with Crippen molar-refractivity contribution in [1.82, 2.24) is 10.5 Å². The molecule has 2 fully saturated rings. The number of hydrogen-bond donors (Lipinski definition) is 3. The number of aliphatic hydroxyl groups is 1. The highest BCUT2D eigenvalue weighted by molar-refractivity contribution is 5.90. The van der Waals surface area contributed by atoms with E-state index in [1.54, 1.807) is 0 Å². The Morgan fingerprint density at radius 1 is 1.43 bits per heavy atom. The molecule has 2 aliphatic rings. The standard InChI is InChI=1S/C15H23N3O3/c1-3-12-13(8(2)18-21-12)16-15(20)17-14-10-5-4-9(6-10)11(14)7-19/h9-11,14,19H,3-7H2,1-2H3,(H2,16,17,20). The SMILES string of the molecule is CCc1onc(C)c1NC(=O)NC1C2CCC(C2)C1CO. The first kappa shape index (κ1) is 14.4. The van der Waals surface area contributed by atoms with Gasteiger partial charge in [-0.05, 0) is 38.0 Å². The molecule has 0 spiro atoms. The zero-order valence-electron chi connectivity index (χ0n) is 12.6. The Morgan fingerprint density at radius 2 is 2.19 bits per heavy atom. The van der Waals surface area contributed by atoms with E-state index in [1.165, 1.54) is 6.42 Å². The lowest BCUT2D eigenvalue weighted by molar-refractivity contribution is 0.146. The van der Waals surface area contributed by atoms with Crippen molar-refractivity contribution in [3.05, 3.63) is 11.5 Å². The van der Waals surface area contributed by atoms with Gasteiger partial charge in [-0.15, -0.1) is 0 Å². The van der Waals surface area contributed by atoms with Crippen LogP contribution in [0.15, 0.2) is 4.52 Å². The fourth-order valence-electron chi connectivity index (χ4n) is 4.02. The molecule has 0 aliphatic heterocycles. The molecule has 2 amide bonds. The molecular weight excluding hydrogens is 270 g/mol. The first-order valence-corrected chi connectivity index (χ1v) is 7.77. The van der Waals surface area contributed by atoms with Crippen molar-refractivity contribution in [2.75, 3.05) is 11.9 Å². The molecule has 0 saturated heterocycles. The van der Waals surface area contributed by atoms with Crippen molar-refractivity contribution in [2.24, 2.45) is 17.8 Å². The van der Waals surface area contributed by atoms with Gasteiger partial charge in [-0.1, -0.05) is 12.1 Å². The van der Waals surface area contributed by atoms with Gasteiger partial charge in [0.2, 0.25) is 0 Å². The summed E-state index contributed by atoms with van der Waals surface area (Å²) in [4.78, 5) is 12.3. The zero-order valence-corrected chi connectivity index (χ0v) is 12.6. The molecule has 4 atom stereocenters. The third kappa shape index (κ3) is 2.52. The number of urea groups is 1. The highest BCUT2D eigenvalue weighted by Gasteiger charge is 2.47. The summed E-state index contributed by atoms with van der Waals surface area (Å²) in [6, 6.07) is -0.147. The minimum Gasteiger partial charge on any atom is -0.396 e. The number of anilines is 1. The van der Waals surface area contributed by atoms with E-state index in [1.807, 2.05) is 13.8 Å². The second kappa shape index (κ2) is 5.67. The molecule has 0 radical (unpaired) electrons. The molecule has 21 heavy (non-hydrogen) atoms. The maximum absolute atomic E-state index is 12.3. The summed E-state index contributed by atoms with van der Waals surface area (Å²) >= 11 is 0.